The minimum absolute atomic E-state index is 0.188. The van der Waals surface area contributed by atoms with E-state index in [1.807, 2.05) is 12.5 Å². The molecule has 0 saturated heterocycles. The Morgan fingerprint density at radius 1 is 1.18 bits per heavy atom. The van der Waals surface area contributed by atoms with Gasteiger partial charge in [-0.25, -0.2) is 4.98 Å². The SMILES string of the molecule is CC(C)C[C@@H](C1c2ccccc2-c2cncn21)[C@H](O)C(C)C. The second-order valence-electron chi connectivity index (χ2n) is 7.25. The number of fused-ring (bicyclic) bond motifs is 3. The summed E-state index contributed by atoms with van der Waals surface area (Å²) in [5.74, 6) is 1.01. The standard InChI is InChI=1S/C19H26N2O/c1-12(2)9-16(19(22)13(3)4)18-15-8-6-5-7-14(15)17-10-20-11-21(17)18/h5-8,10-13,16,18-19,22H,9H2,1-4H3/t16-,18?,19+/m0/s1. The Bertz CT molecular complexity index is 644. The Morgan fingerprint density at radius 2 is 1.91 bits per heavy atom. The number of rotatable bonds is 5. The van der Waals surface area contributed by atoms with Crippen molar-refractivity contribution in [1.29, 1.82) is 0 Å². The molecule has 1 aliphatic rings. The quantitative estimate of drug-likeness (QED) is 0.901. The number of aliphatic hydroxyl groups is 1. The van der Waals surface area contributed by atoms with Gasteiger partial charge in [-0.15, -0.1) is 0 Å². The van der Waals surface area contributed by atoms with Crippen LogP contribution in [0.15, 0.2) is 36.8 Å². The van der Waals surface area contributed by atoms with E-state index in [4.69, 9.17) is 0 Å². The Kier molecular flexibility index (Phi) is 4.09. The van der Waals surface area contributed by atoms with Crippen LogP contribution in [0.4, 0.5) is 0 Å². The third kappa shape index (κ3) is 2.48. The van der Waals surface area contributed by atoms with Gasteiger partial charge in [-0.1, -0.05) is 52.0 Å². The molecular weight excluding hydrogens is 272 g/mol. The molecule has 2 heterocycles. The van der Waals surface area contributed by atoms with E-state index in [2.05, 4.69) is 61.5 Å². The van der Waals surface area contributed by atoms with Crippen LogP contribution >= 0.6 is 0 Å². The molecule has 0 fully saturated rings. The van der Waals surface area contributed by atoms with E-state index >= 15 is 0 Å². The minimum Gasteiger partial charge on any atom is -0.392 e. The second-order valence-corrected chi connectivity index (χ2v) is 7.25. The van der Waals surface area contributed by atoms with Gasteiger partial charge in [0.2, 0.25) is 0 Å². The normalized spacial score (nSPS) is 19.3. The van der Waals surface area contributed by atoms with Gasteiger partial charge in [0.05, 0.1) is 30.4 Å². The molecule has 1 aromatic heterocycles. The van der Waals surface area contributed by atoms with Crippen molar-refractivity contribution >= 4 is 0 Å². The largest absolute Gasteiger partial charge is 0.392 e. The first-order valence-corrected chi connectivity index (χ1v) is 8.30. The van der Waals surface area contributed by atoms with E-state index in [1.54, 1.807) is 0 Å². The molecule has 0 amide bonds. The van der Waals surface area contributed by atoms with Crippen molar-refractivity contribution in [3.05, 3.63) is 42.4 Å². The summed E-state index contributed by atoms with van der Waals surface area (Å²) in [6.45, 7) is 8.67. The van der Waals surface area contributed by atoms with Crippen molar-refractivity contribution in [2.45, 2.75) is 46.3 Å². The summed E-state index contributed by atoms with van der Waals surface area (Å²) in [7, 11) is 0. The van der Waals surface area contributed by atoms with E-state index in [9.17, 15) is 5.11 Å². The van der Waals surface area contributed by atoms with Crippen LogP contribution in [0.5, 0.6) is 0 Å². The zero-order valence-electron chi connectivity index (χ0n) is 13.9. The molecular formula is C19H26N2O. The summed E-state index contributed by atoms with van der Waals surface area (Å²) >= 11 is 0. The Labute approximate surface area is 133 Å². The summed E-state index contributed by atoms with van der Waals surface area (Å²) in [4.78, 5) is 4.34. The fourth-order valence-corrected chi connectivity index (χ4v) is 3.80. The average Bonchev–Trinajstić information content (AvgIpc) is 3.04. The highest BCUT2D eigenvalue weighted by Gasteiger charge is 2.38. The number of benzene rings is 1. The molecule has 0 radical (unpaired) electrons. The third-order valence-electron chi connectivity index (χ3n) is 4.79. The van der Waals surface area contributed by atoms with Crippen LogP contribution in [0.25, 0.3) is 11.3 Å². The molecule has 22 heavy (non-hydrogen) atoms. The number of aromatic nitrogens is 2. The van der Waals surface area contributed by atoms with Gasteiger partial charge in [0.25, 0.3) is 0 Å². The number of imidazole rings is 1. The maximum atomic E-state index is 10.9. The van der Waals surface area contributed by atoms with Crippen molar-refractivity contribution in [3.8, 4) is 11.3 Å². The summed E-state index contributed by atoms with van der Waals surface area (Å²) in [5.41, 5.74) is 3.75. The van der Waals surface area contributed by atoms with Gasteiger partial charge in [-0.2, -0.15) is 0 Å². The zero-order chi connectivity index (χ0) is 15.9. The molecule has 1 aromatic carbocycles. The lowest BCUT2D eigenvalue weighted by molar-refractivity contribution is 0.0364. The van der Waals surface area contributed by atoms with Crippen LogP contribution in [0.2, 0.25) is 0 Å². The van der Waals surface area contributed by atoms with E-state index in [0.29, 0.717) is 5.92 Å². The summed E-state index contributed by atoms with van der Waals surface area (Å²) in [5, 5.41) is 10.9. The van der Waals surface area contributed by atoms with Crippen molar-refractivity contribution in [3.63, 3.8) is 0 Å². The Balaban J connectivity index is 2.08. The van der Waals surface area contributed by atoms with Crippen LogP contribution in [-0.4, -0.2) is 20.8 Å². The highest BCUT2D eigenvalue weighted by molar-refractivity contribution is 5.69. The lowest BCUT2D eigenvalue weighted by atomic mass is 9.79. The Morgan fingerprint density at radius 3 is 2.59 bits per heavy atom. The van der Waals surface area contributed by atoms with Gasteiger partial charge in [-0.05, 0) is 23.8 Å². The van der Waals surface area contributed by atoms with E-state index in [1.165, 1.54) is 16.8 Å². The van der Waals surface area contributed by atoms with E-state index in [-0.39, 0.29) is 24.0 Å². The van der Waals surface area contributed by atoms with Gasteiger partial charge < -0.3 is 9.67 Å². The van der Waals surface area contributed by atoms with Crippen molar-refractivity contribution in [2.24, 2.45) is 17.8 Å². The molecule has 1 unspecified atom stereocenters. The third-order valence-corrected chi connectivity index (χ3v) is 4.79. The second kappa shape index (κ2) is 5.88. The number of hydrogen-bond acceptors (Lipinski definition) is 2. The minimum atomic E-state index is -0.311. The van der Waals surface area contributed by atoms with Gasteiger partial charge in [0.15, 0.2) is 0 Å². The molecule has 3 atom stereocenters. The zero-order valence-corrected chi connectivity index (χ0v) is 13.9. The lowest BCUT2D eigenvalue weighted by Crippen LogP contribution is -2.34. The van der Waals surface area contributed by atoms with Crippen LogP contribution in [-0.2, 0) is 0 Å². The predicted octanol–water partition coefficient (Wildman–Crippen LogP) is 4.13. The van der Waals surface area contributed by atoms with E-state index < -0.39 is 0 Å². The summed E-state index contributed by atoms with van der Waals surface area (Å²) in [6.07, 6.45) is 4.55. The maximum absolute atomic E-state index is 10.9. The molecule has 3 nitrogen and oxygen atoms in total. The van der Waals surface area contributed by atoms with Gasteiger partial charge in [0, 0.05) is 11.5 Å². The van der Waals surface area contributed by atoms with Gasteiger partial charge >= 0.3 is 0 Å². The van der Waals surface area contributed by atoms with Crippen LogP contribution < -0.4 is 0 Å². The molecule has 118 valence electrons. The van der Waals surface area contributed by atoms with Crippen molar-refractivity contribution in [1.82, 2.24) is 9.55 Å². The lowest BCUT2D eigenvalue weighted by Gasteiger charge is -2.33. The molecule has 3 heteroatoms. The highest BCUT2D eigenvalue weighted by Crippen LogP contribution is 2.46. The highest BCUT2D eigenvalue weighted by atomic mass is 16.3. The summed E-state index contributed by atoms with van der Waals surface area (Å²) in [6, 6.07) is 8.73. The van der Waals surface area contributed by atoms with Gasteiger partial charge in [-0.3, -0.25) is 0 Å². The molecule has 0 spiro atoms. The van der Waals surface area contributed by atoms with Crippen molar-refractivity contribution < 1.29 is 5.11 Å². The number of aliphatic hydroxyl groups excluding tert-OH is 1. The topological polar surface area (TPSA) is 38.0 Å². The van der Waals surface area contributed by atoms with Crippen LogP contribution in [0.1, 0.15) is 45.7 Å². The number of hydrogen-bond donors (Lipinski definition) is 1. The molecule has 0 aliphatic carbocycles. The molecule has 3 rings (SSSR count). The average molecular weight is 298 g/mol. The maximum Gasteiger partial charge on any atom is 0.0956 e. The van der Waals surface area contributed by atoms with Crippen LogP contribution in [0, 0.1) is 17.8 Å². The van der Waals surface area contributed by atoms with E-state index in [0.717, 1.165) is 6.42 Å². The Hall–Kier alpha value is -1.61. The molecule has 0 saturated carbocycles. The first kappa shape index (κ1) is 15.3. The predicted molar refractivity (Wildman–Crippen MR) is 89.6 cm³/mol. The molecule has 1 aliphatic heterocycles. The molecule has 1 N–H and O–H groups in total. The first-order valence-electron chi connectivity index (χ1n) is 8.30. The molecule has 0 bridgehead atoms. The fourth-order valence-electron chi connectivity index (χ4n) is 3.80. The van der Waals surface area contributed by atoms with Crippen molar-refractivity contribution in [2.75, 3.05) is 0 Å². The number of nitrogens with zero attached hydrogens (tertiary/aromatic N) is 2. The van der Waals surface area contributed by atoms with Crippen LogP contribution in [0.3, 0.4) is 0 Å². The summed E-state index contributed by atoms with van der Waals surface area (Å²) < 4.78 is 2.25. The first-order chi connectivity index (χ1) is 10.5. The smallest absolute Gasteiger partial charge is 0.0956 e. The van der Waals surface area contributed by atoms with Gasteiger partial charge in [0.1, 0.15) is 0 Å². The molecule has 2 aromatic rings. The monoisotopic (exact) mass is 298 g/mol. The fraction of sp³-hybridized carbons (Fsp3) is 0.526.